The maximum absolute atomic E-state index is 14.3. The first-order chi connectivity index (χ1) is 23.0. The Labute approximate surface area is 287 Å². The number of likely N-dealkylation sites (N-methyl/N-ethyl adjacent to an activating group) is 1. The van der Waals surface area contributed by atoms with Crippen molar-refractivity contribution in [2.45, 2.75) is 56.2 Å². The van der Waals surface area contributed by atoms with Crippen LogP contribution in [0, 0.1) is 11.8 Å². The van der Waals surface area contributed by atoms with Crippen molar-refractivity contribution in [1.82, 2.24) is 9.80 Å². The van der Waals surface area contributed by atoms with Crippen molar-refractivity contribution >= 4 is 58.1 Å². The summed E-state index contributed by atoms with van der Waals surface area (Å²) in [5.74, 6) is -8.97. The maximum atomic E-state index is 14.3. The predicted octanol–water partition coefficient (Wildman–Crippen LogP) is 1.04. The molecule has 0 aromatic heterocycles. The number of Topliss-reactive ketones (excluding diaryl/α,β-unsaturated/α-hetero) is 2. The van der Waals surface area contributed by atoms with E-state index in [-0.39, 0.29) is 47.5 Å². The highest BCUT2D eigenvalue weighted by Gasteiger charge is 2.64. The third-order valence-corrected chi connectivity index (χ3v) is 10.6. The van der Waals surface area contributed by atoms with E-state index in [0.29, 0.717) is 24.3 Å². The molecule has 2 amide bonds. The normalized spacial score (nSPS) is 25.9. The molecular weight excluding hydrogens is 662 g/mol. The fourth-order valence-corrected chi connectivity index (χ4v) is 8.42. The van der Waals surface area contributed by atoms with Gasteiger partial charge in [-0.1, -0.05) is 11.6 Å². The zero-order valence-electron chi connectivity index (χ0n) is 28.0. The van der Waals surface area contributed by atoms with Crippen LogP contribution in [0.15, 0.2) is 16.9 Å². The van der Waals surface area contributed by atoms with Crippen LogP contribution >= 0.6 is 11.6 Å². The van der Waals surface area contributed by atoms with Crippen LogP contribution < -0.4 is 16.0 Å². The molecule has 4 aliphatic rings. The number of aliphatic hydroxyl groups is 3. The standard InChI is InChI=1S/C33H42ClN5O10/c1-37(2)24-15-12-14-13-16-25(38(3)4)28(43)21(31(35)46)30(45)33(16,48)29(44)19(14)26(41)20(15)27(42)23(22(24)34)36-32(47)17(8-9-18(40)49-5)39-10-6-7-11-39/h14,16-17,25,41-42,45,48H,6-13H2,1-5H3,(H2,35,46)(H,36,47)/t14?,16?,17?,25-,33-/m0/s1. The molecule has 16 heteroatoms. The number of halogens is 1. The number of amides is 2. The summed E-state index contributed by atoms with van der Waals surface area (Å²) >= 11 is 6.89. The van der Waals surface area contributed by atoms with Crippen LogP contribution in [0.1, 0.15) is 43.2 Å². The zero-order chi connectivity index (χ0) is 36.3. The van der Waals surface area contributed by atoms with Gasteiger partial charge in [-0.2, -0.15) is 0 Å². The van der Waals surface area contributed by atoms with Crippen molar-refractivity contribution in [3.63, 3.8) is 0 Å². The molecule has 5 atom stereocenters. The number of fused-ring (bicyclic) bond motifs is 3. The van der Waals surface area contributed by atoms with Crippen LogP contribution in [0.2, 0.25) is 5.02 Å². The topological polar surface area (TPSA) is 223 Å². The van der Waals surface area contributed by atoms with Gasteiger partial charge >= 0.3 is 5.97 Å². The fraction of sp³-hybridized carbons (Fsp3) is 0.545. The smallest absolute Gasteiger partial charge is 0.305 e. The van der Waals surface area contributed by atoms with E-state index < -0.39 is 81.7 Å². The molecule has 1 aliphatic heterocycles. The second kappa shape index (κ2) is 13.3. The number of esters is 1. The van der Waals surface area contributed by atoms with Crippen LogP contribution in [-0.2, 0) is 35.1 Å². The van der Waals surface area contributed by atoms with Gasteiger partial charge in [-0.05, 0) is 70.8 Å². The van der Waals surface area contributed by atoms with Gasteiger partial charge in [0, 0.05) is 32.0 Å². The van der Waals surface area contributed by atoms with Crippen molar-refractivity contribution < 1.29 is 49.1 Å². The highest BCUT2D eigenvalue weighted by atomic mass is 35.5. The van der Waals surface area contributed by atoms with Crippen LogP contribution in [-0.4, -0.2) is 126 Å². The number of aliphatic hydroxyl groups excluding tert-OH is 2. The summed E-state index contributed by atoms with van der Waals surface area (Å²) in [5.41, 5.74) is 1.59. The second-order valence-electron chi connectivity index (χ2n) is 13.5. The van der Waals surface area contributed by atoms with E-state index in [1.165, 1.54) is 26.1 Å². The monoisotopic (exact) mass is 703 g/mol. The Morgan fingerprint density at radius 2 is 1.76 bits per heavy atom. The lowest BCUT2D eigenvalue weighted by Gasteiger charge is -2.50. The van der Waals surface area contributed by atoms with Crippen LogP contribution in [0.4, 0.5) is 11.4 Å². The SMILES string of the molecule is COC(=O)CCC(C(=O)Nc1c(O)c2c(c(N(C)C)c1Cl)CC1CC3[C@H](N(C)C)C(=O)C(C(N)=O)=C(O)[C@@]3(O)C(=O)C1=C2O)N1CCCC1. The summed E-state index contributed by atoms with van der Waals surface area (Å²) in [7, 11) is 7.64. The first-order valence-electron chi connectivity index (χ1n) is 16.0. The molecule has 266 valence electrons. The van der Waals surface area contributed by atoms with Gasteiger partial charge in [0.25, 0.3) is 5.91 Å². The van der Waals surface area contributed by atoms with Gasteiger partial charge in [-0.25, -0.2) is 0 Å². The number of aromatic hydroxyl groups is 1. The summed E-state index contributed by atoms with van der Waals surface area (Å²) < 4.78 is 4.76. The molecule has 3 unspecified atom stereocenters. The third-order valence-electron chi connectivity index (χ3n) is 10.2. The van der Waals surface area contributed by atoms with Gasteiger partial charge in [0.2, 0.25) is 11.7 Å². The molecular formula is C33H42ClN5O10. The minimum absolute atomic E-state index is 0.0130. The van der Waals surface area contributed by atoms with Crippen molar-refractivity contribution in [2.75, 3.05) is 58.6 Å². The van der Waals surface area contributed by atoms with E-state index in [2.05, 4.69) is 5.32 Å². The van der Waals surface area contributed by atoms with Gasteiger partial charge in [-0.3, -0.25) is 33.8 Å². The van der Waals surface area contributed by atoms with E-state index in [9.17, 15) is 44.4 Å². The van der Waals surface area contributed by atoms with Crippen molar-refractivity contribution in [3.05, 3.63) is 33.1 Å². The summed E-state index contributed by atoms with van der Waals surface area (Å²) in [6.45, 7) is 1.23. The average molecular weight is 704 g/mol. The number of methoxy groups -OCH3 is 1. The number of anilines is 2. The minimum Gasteiger partial charge on any atom is -0.508 e. The summed E-state index contributed by atoms with van der Waals surface area (Å²) in [4.78, 5) is 70.6. The molecule has 0 bridgehead atoms. The molecule has 0 spiro atoms. The lowest BCUT2D eigenvalue weighted by atomic mass is 9.57. The Morgan fingerprint density at radius 3 is 2.31 bits per heavy atom. The Hall–Kier alpha value is -4.18. The van der Waals surface area contributed by atoms with Gasteiger partial charge in [0.15, 0.2) is 17.1 Å². The largest absolute Gasteiger partial charge is 0.508 e. The first-order valence-corrected chi connectivity index (χ1v) is 16.4. The molecule has 5 rings (SSSR count). The number of phenols is 1. The average Bonchev–Trinajstić information content (AvgIpc) is 3.55. The number of likely N-dealkylation sites (tertiary alicyclic amines) is 1. The number of carbonyl (C=O) groups is 5. The Kier molecular flexibility index (Phi) is 9.78. The number of hydrogen-bond donors (Lipinski definition) is 6. The van der Waals surface area contributed by atoms with E-state index in [1.54, 1.807) is 19.0 Å². The van der Waals surface area contributed by atoms with E-state index in [1.807, 2.05) is 4.90 Å². The molecule has 1 aromatic carbocycles. The van der Waals surface area contributed by atoms with Crippen molar-refractivity contribution in [2.24, 2.45) is 17.6 Å². The number of nitrogens with one attached hydrogen (secondary N) is 1. The first kappa shape index (κ1) is 36.1. The zero-order valence-corrected chi connectivity index (χ0v) is 28.8. The Morgan fingerprint density at radius 1 is 1.12 bits per heavy atom. The number of primary amides is 1. The maximum Gasteiger partial charge on any atom is 0.305 e. The lowest BCUT2D eigenvalue weighted by molar-refractivity contribution is -0.153. The number of hydrogen-bond acceptors (Lipinski definition) is 13. The quantitative estimate of drug-likeness (QED) is 0.120. The number of ether oxygens (including phenoxy) is 1. The van der Waals surface area contributed by atoms with Crippen LogP contribution in [0.3, 0.4) is 0 Å². The van der Waals surface area contributed by atoms with Gasteiger partial charge < -0.3 is 41.1 Å². The number of phenolic OH excluding ortho intramolecular Hbond substituents is 1. The molecule has 1 heterocycles. The van der Waals surface area contributed by atoms with E-state index in [0.717, 1.165) is 12.8 Å². The predicted molar refractivity (Wildman–Crippen MR) is 178 cm³/mol. The number of ketones is 2. The molecule has 3 aliphatic carbocycles. The molecule has 15 nitrogen and oxygen atoms in total. The number of nitrogens with two attached hydrogens (primary N) is 1. The molecule has 49 heavy (non-hydrogen) atoms. The summed E-state index contributed by atoms with van der Waals surface area (Å²) in [6.07, 6.45) is 1.74. The number of rotatable bonds is 9. The van der Waals surface area contributed by atoms with Gasteiger partial charge in [0.05, 0.1) is 35.5 Å². The van der Waals surface area contributed by atoms with Crippen LogP contribution in [0.5, 0.6) is 5.75 Å². The van der Waals surface area contributed by atoms with E-state index >= 15 is 0 Å². The summed E-state index contributed by atoms with van der Waals surface area (Å²) in [6, 6.07) is -1.99. The minimum atomic E-state index is -2.80. The van der Waals surface area contributed by atoms with Crippen LogP contribution in [0.25, 0.3) is 5.76 Å². The summed E-state index contributed by atoms with van der Waals surface area (Å²) in [5, 5.41) is 49.2. The third kappa shape index (κ3) is 5.71. The number of benzene rings is 1. The second-order valence-corrected chi connectivity index (χ2v) is 13.8. The number of carbonyl (C=O) groups excluding carboxylic acids is 5. The highest BCUT2D eigenvalue weighted by molar-refractivity contribution is 6.37. The highest BCUT2D eigenvalue weighted by Crippen LogP contribution is 2.56. The Bertz CT molecular complexity index is 1700. The van der Waals surface area contributed by atoms with Crippen molar-refractivity contribution in [1.29, 1.82) is 0 Å². The van der Waals surface area contributed by atoms with Crippen molar-refractivity contribution in [3.8, 4) is 5.75 Å². The Balaban J connectivity index is 1.65. The lowest BCUT2D eigenvalue weighted by Crippen LogP contribution is -2.65. The molecule has 2 fully saturated rings. The molecule has 1 saturated carbocycles. The van der Waals surface area contributed by atoms with Gasteiger partial charge in [0.1, 0.15) is 22.8 Å². The molecule has 1 aromatic rings. The molecule has 1 saturated heterocycles. The number of nitrogens with zero attached hydrogens (tertiary/aromatic N) is 3. The molecule has 0 radical (unpaired) electrons. The van der Waals surface area contributed by atoms with E-state index in [4.69, 9.17) is 22.1 Å². The fourth-order valence-electron chi connectivity index (χ4n) is 8.00. The molecule has 7 N–H and O–H groups in total. The van der Waals surface area contributed by atoms with Gasteiger partial charge in [-0.15, -0.1) is 0 Å².